The van der Waals surface area contributed by atoms with Gasteiger partial charge in [0.15, 0.2) is 0 Å². The van der Waals surface area contributed by atoms with Crippen molar-refractivity contribution in [2.45, 2.75) is 57.7 Å². The number of halogens is 3. The van der Waals surface area contributed by atoms with E-state index in [4.69, 9.17) is 4.74 Å². The number of hydrogen-bond acceptors (Lipinski definition) is 2. The lowest BCUT2D eigenvalue weighted by Crippen LogP contribution is -2.36. The van der Waals surface area contributed by atoms with Crippen LogP contribution in [0.3, 0.4) is 0 Å². The van der Waals surface area contributed by atoms with Gasteiger partial charge in [-0.15, -0.1) is 0 Å². The highest BCUT2D eigenvalue weighted by Gasteiger charge is 2.28. The summed E-state index contributed by atoms with van der Waals surface area (Å²) in [6, 6.07) is 0.0560. The van der Waals surface area contributed by atoms with Gasteiger partial charge in [0.25, 0.3) is 0 Å². The Labute approximate surface area is 107 Å². The number of alkyl halides is 3. The van der Waals surface area contributed by atoms with Crippen LogP contribution in [-0.4, -0.2) is 32.0 Å². The van der Waals surface area contributed by atoms with Gasteiger partial charge in [-0.3, -0.25) is 0 Å². The van der Waals surface area contributed by atoms with Crippen molar-refractivity contribution < 1.29 is 17.9 Å². The van der Waals surface area contributed by atoms with Gasteiger partial charge in [0.05, 0.1) is 6.61 Å². The van der Waals surface area contributed by atoms with Crippen molar-refractivity contribution in [2.75, 3.05) is 19.8 Å². The van der Waals surface area contributed by atoms with Crippen LogP contribution < -0.4 is 5.32 Å². The Bertz CT molecular complexity index is 215. The molecule has 0 aromatic rings. The average molecular weight is 267 g/mol. The summed E-state index contributed by atoms with van der Waals surface area (Å²) < 4.78 is 40.8. The molecule has 0 bridgehead atoms. The molecule has 1 fully saturated rings. The van der Waals surface area contributed by atoms with Gasteiger partial charge in [-0.25, -0.2) is 0 Å². The van der Waals surface area contributed by atoms with Crippen molar-refractivity contribution in [3.8, 4) is 0 Å². The molecule has 1 aliphatic rings. The molecule has 0 heterocycles. The average Bonchev–Trinajstić information content (AvgIpc) is 2.29. The van der Waals surface area contributed by atoms with Gasteiger partial charge in [-0.2, -0.15) is 13.2 Å². The molecule has 1 unspecified atom stereocenters. The monoisotopic (exact) mass is 267 g/mol. The maximum atomic E-state index is 12.0. The molecule has 0 aromatic heterocycles. The van der Waals surface area contributed by atoms with Crippen molar-refractivity contribution in [1.29, 1.82) is 0 Å². The molecule has 1 rings (SSSR count). The van der Waals surface area contributed by atoms with Crippen LogP contribution in [0.1, 0.15) is 45.4 Å². The number of hydrogen-bond donors (Lipinski definition) is 1. The lowest BCUT2D eigenvalue weighted by molar-refractivity contribution is -0.175. The third kappa shape index (κ3) is 7.21. The SMILES string of the molecule is CCNC(COCC(F)(F)F)CC1CCCCC1. The van der Waals surface area contributed by atoms with Gasteiger partial charge < -0.3 is 10.1 Å². The van der Waals surface area contributed by atoms with Crippen molar-refractivity contribution in [2.24, 2.45) is 5.92 Å². The van der Waals surface area contributed by atoms with Crippen LogP contribution in [0.2, 0.25) is 0 Å². The first-order valence-electron chi connectivity index (χ1n) is 6.89. The smallest absolute Gasteiger partial charge is 0.370 e. The molecule has 0 radical (unpaired) electrons. The maximum absolute atomic E-state index is 12.0. The Balaban J connectivity index is 2.25. The zero-order chi connectivity index (χ0) is 13.4. The Morgan fingerprint density at radius 3 is 2.44 bits per heavy atom. The highest BCUT2D eigenvalue weighted by molar-refractivity contribution is 4.74. The van der Waals surface area contributed by atoms with E-state index in [2.05, 4.69) is 5.32 Å². The van der Waals surface area contributed by atoms with Crippen LogP contribution >= 0.6 is 0 Å². The maximum Gasteiger partial charge on any atom is 0.411 e. The summed E-state index contributed by atoms with van der Waals surface area (Å²) in [5, 5.41) is 3.22. The van der Waals surface area contributed by atoms with Gasteiger partial charge in [-0.1, -0.05) is 39.0 Å². The van der Waals surface area contributed by atoms with Crippen LogP contribution in [0, 0.1) is 5.92 Å². The minimum Gasteiger partial charge on any atom is -0.370 e. The van der Waals surface area contributed by atoms with Gasteiger partial charge in [0.1, 0.15) is 6.61 Å². The molecule has 0 aliphatic heterocycles. The Morgan fingerprint density at radius 2 is 1.89 bits per heavy atom. The van der Waals surface area contributed by atoms with E-state index in [-0.39, 0.29) is 12.6 Å². The quantitative estimate of drug-likeness (QED) is 0.762. The number of rotatable bonds is 7. The van der Waals surface area contributed by atoms with Crippen LogP contribution in [0.25, 0.3) is 0 Å². The summed E-state index contributed by atoms with van der Waals surface area (Å²) in [7, 11) is 0. The molecule has 2 nitrogen and oxygen atoms in total. The molecule has 0 amide bonds. The molecule has 108 valence electrons. The fraction of sp³-hybridized carbons (Fsp3) is 1.00. The normalized spacial score (nSPS) is 20.0. The van der Waals surface area contributed by atoms with Crippen LogP contribution in [0.15, 0.2) is 0 Å². The van der Waals surface area contributed by atoms with E-state index in [0.717, 1.165) is 13.0 Å². The van der Waals surface area contributed by atoms with Crippen molar-refractivity contribution in [3.63, 3.8) is 0 Å². The van der Waals surface area contributed by atoms with Crippen LogP contribution in [0.5, 0.6) is 0 Å². The van der Waals surface area contributed by atoms with Gasteiger partial charge in [-0.05, 0) is 18.9 Å². The molecular weight excluding hydrogens is 243 g/mol. The Morgan fingerprint density at radius 1 is 1.22 bits per heavy atom. The molecule has 18 heavy (non-hydrogen) atoms. The van der Waals surface area contributed by atoms with E-state index in [1.54, 1.807) is 0 Å². The molecule has 0 spiro atoms. The first-order chi connectivity index (χ1) is 8.51. The first-order valence-corrected chi connectivity index (χ1v) is 6.89. The van der Waals surface area contributed by atoms with Gasteiger partial charge >= 0.3 is 6.18 Å². The van der Waals surface area contributed by atoms with Crippen molar-refractivity contribution >= 4 is 0 Å². The summed E-state index contributed by atoms with van der Waals surface area (Å²) in [6.07, 6.45) is 2.95. The first kappa shape index (κ1) is 15.8. The van der Waals surface area contributed by atoms with E-state index < -0.39 is 12.8 Å². The topological polar surface area (TPSA) is 21.3 Å². The lowest BCUT2D eigenvalue weighted by atomic mass is 9.85. The number of likely N-dealkylation sites (N-methyl/N-ethyl adjacent to an activating group) is 1. The predicted octanol–water partition coefficient (Wildman–Crippen LogP) is 3.51. The third-order valence-corrected chi connectivity index (χ3v) is 3.42. The van der Waals surface area contributed by atoms with Crippen LogP contribution in [0.4, 0.5) is 13.2 Å². The highest BCUT2D eigenvalue weighted by atomic mass is 19.4. The van der Waals surface area contributed by atoms with Crippen molar-refractivity contribution in [3.05, 3.63) is 0 Å². The zero-order valence-electron chi connectivity index (χ0n) is 11.1. The molecule has 5 heteroatoms. The van der Waals surface area contributed by atoms with E-state index in [1.165, 1.54) is 32.1 Å². The standard InChI is InChI=1S/C13H24F3NO/c1-2-17-12(9-18-10-13(14,15)16)8-11-6-4-3-5-7-11/h11-12,17H,2-10H2,1H3. The Hall–Kier alpha value is -0.290. The van der Waals surface area contributed by atoms with E-state index in [1.807, 2.05) is 6.92 Å². The summed E-state index contributed by atoms with van der Waals surface area (Å²) >= 11 is 0. The molecule has 1 atom stereocenters. The highest BCUT2D eigenvalue weighted by Crippen LogP contribution is 2.27. The second-order valence-corrected chi connectivity index (χ2v) is 5.12. The van der Waals surface area contributed by atoms with Gasteiger partial charge in [0, 0.05) is 6.04 Å². The lowest BCUT2D eigenvalue weighted by Gasteiger charge is -2.27. The second-order valence-electron chi connectivity index (χ2n) is 5.12. The van der Waals surface area contributed by atoms with Gasteiger partial charge in [0.2, 0.25) is 0 Å². The summed E-state index contributed by atoms with van der Waals surface area (Å²) in [5.41, 5.74) is 0. The van der Waals surface area contributed by atoms with Crippen LogP contribution in [-0.2, 0) is 4.74 Å². The number of ether oxygens (including phenoxy) is 1. The minimum atomic E-state index is -4.22. The largest absolute Gasteiger partial charge is 0.411 e. The molecule has 1 N–H and O–H groups in total. The summed E-state index contributed by atoms with van der Waals surface area (Å²) in [6.45, 7) is 1.76. The molecule has 1 aliphatic carbocycles. The third-order valence-electron chi connectivity index (χ3n) is 3.42. The summed E-state index contributed by atoms with van der Waals surface area (Å²) in [4.78, 5) is 0. The molecular formula is C13H24F3NO. The second kappa shape index (κ2) is 8.00. The van der Waals surface area contributed by atoms with E-state index >= 15 is 0 Å². The molecule has 0 saturated heterocycles. The Kier molecular flexibility index (Phi) is 7.00. The minimum absolute atomic E-state index is 0.0560. The molecule has 1 saturated carbocycles. The molecule has 0 aromatic carbocycles. The summed E-state index contributed by atoms with van der Waals surface area (Å²) in [5.74, 6) is 0.650. The van der Waals surface area contributed by atoms with E-state index in [9.17, 15) is 13.2 Å². The van der Waals surface area contributed by atoms with Crippen molar-refractivity contribution in [1.82, 2.24) is 5.32 Å². The predicted molar refractivity (Wildman–Crippen MR) is 65.5 cm³/mol. The zero-order valence-corrected chi connectivity index (χ0v) is 11.1. The number of nitrogens with one attached hydrogen (secondary N) is 1. The van der Waals surface area contributed by atoms with E-state index in [0.29, 0.717) is 5.92 Å². The fourth-order valence-electron chi connectivity index (χ4n) is 2.64. The fourth-order valence-corrected chi connectivity index (χ4v) is 2.64.